The summed E-state index contributed by atoms with van der Waals surface area (Å²) in [5, 5.41) is 2.77. The molecule has 1 aliphatic heterocycles. The van der Waals surface area contributed by atoms with E-state index in [1.807, 2.05) is 60.7 Å². The van der Waals surface area contributed by atoms with E-state index < -0.39 is 22.9 Å². The van der Waals surface area contributed by atoms with Crippen LogP contribution in [0.4, 0.5) is 0 Å². The quantitative estimate of drug-likeness (QED) is 0.593. The Bertz CT molecular complexity index is 978. The molecule has 0 radical (unpaired) electrons. The first-order valence-corrected chi connectivity index (χ1v) is 11.7. The molecule has 1 saturated heterocycles. The molecule has 0 bridgehead atoms. The molecule has 3 rings (SSSR count). The van der Waals surface area contributed by atoms with Crippen molar-refractivity contribution in [2.45, 2.75) is 57.2 Å². The monoisotopic (exact) mass is 465 g/mol. The molecule has 182 valence electrons. The molecular formula is C27H35N3O4. The van der Waals surface area contributed by atoms with Gasteiger partial charge in [-0.1, -0.05) is 60.7 Å². The van der Waals surface area contributed by atoms with Crippen LogP contribution in [0.2, 0.25) is 0 Å². The van der Waals surface area contributed by atoms with Crippen molar-refractivity contribution >= 4 is 17.6 Å². The summed E-state index contributed by atoms with van der Waals surface area (Å²) in [6.07, 6.45) is 1.07. The third-order valence-electron chi connectivity index (χ3n) is 6.51. The maximum absolute atomic E-state index is 13.4. The van der Waals surface area contributed by atoms with Gasteiger partial charge in [0.05, 0.1) is 24.2 Å². The lowest BCUT2D eigenvalue weighted by molar-refractivity contribution is -0.142. The van der Waals surface area contributed by atoms with Crippen LogP contribution in [0, 0.1) is 0 Å². The molecule has 1 atom stereocenters. The second-order valence-electron chi connectivity index (χ2n) is 9.58. The Labute approximate surface area is 201 Å². The fraction of sp³-hybridized carbons (Fsp3) is 0.444. The molecular weight excluding hydrogens is 430 g/mol. The number of rotatable bonds is 9. The Morgan fingerprint density at radius 2 is 1.59 bits per heavy atom. The summed E-state index contributed by atoms with van der Waals surface area (Å²) in [6, 6.07) is 18.5. The molecule has 1 fully saturated rings. The number of hydrogen-bond acceptors (Lipinski definition) is 5. The lowest BCUT2D eigenvalue weighted by Crippen LogP contribution is -2.59. The molecule has 1 heterocycles. The molecule has 7 heteroatoms. The van der Waals surface area contributed by atoms with E-state index in [-0.39, 0.29) is 18.3 Å². The number of ketones is 1. The molecule has 0 aliphatic carbocycles. The van der Waals surface area contributed by atoms with Gasteiger partial charge in [0.1, 0.15) is 11.8 Å². The molecule has 0 aromatic heterocycles. The van der Waals surface area contributed by atoms with Crippen LogP contribution in [0.1, 0.15) is 44.7 Å². The smallest absolute Gasteiger partial charge is 0.247 e. The first kappa shape index (κ1) is 25.6. The van der Waals surface area contributed by atoms with E-state index in [0.29, 0.717) is 32.5 Å². The Hall–Kier alpha value is -3.03. The van der Waals surface area contributed by atoms with Crippen LogP contribution in [-0.4, -0.2) is 53.8 Å². The first-order valence-electron chi connectivity index (χ1n) is 11.7. The second-order valence-corrected chi connectivity index (χ2v) is 9.58. The summed E-state index contributed by atoms with van der Waals surface area (Å²) >= 11 is 0. The van der Waals surface area contributed by atoms with Gasteiger partial charge in [-0.2, -0.15) is 0 Å². The summed E-state index contributed by atoms with van der Waals surface area (Å²) < 4.78 is 5.80. The highest BCUT2D eigenvalue weighted by Crippen LogP contribution is 2.36. The van der Waals surface area contributed by atoms with Crippen LogP contribution in [0.3, 0.4) is 0 Å². The summed E-state index contributed by atoms with van der Waals surface area (Å²) in [5.41, 5.74) is 6.18. The number of nitrogens with zero attached hydrogens (tertiary/aromatic N) is 1. The van der Waals surface area contributed by atoms with Gasteiger partial charge in [-0.05, 0) is 44.7 Å². The van der Waals surface area contributed by atoms with Crippen LogP contribution in [0.25, 0.3) is 0 Å². The summed E-state index contributed by atoms with van der Waals surface area (Å²) in [5.74, 6) is -0.545. The zero-order valence-corrected chi connectivity index (χ0v) is 20.3. The van der Waals surface area contributed by atoms with Crippen molar-refractivity contribution in [1.82, 2.24) is 10.2 Å². The predicted molar refractivity (Wildman–Crippen MR) is 131 cm³/mol. The highest BCUT2D eigenvalue weighted by Gasteiger charge is 2.42. The highest BCUT2D eigenvalue weighted by molar-refractivity contribution is 5.92. The molecule has 0 spiro atoms. The summed E-state index contributed by atoms with van der Waals surface area (Å²) in [7, 11) is 0. The standard InChI is InChI=1S/C27H35N3O4/c1-20(31)27(22-12-8-5-9-13-22)14-16-30(17-15-27)24(32)23(29-25(33)26(2,3)28)19-34-18-21-10-6-4-7-11-21/h4-13,23H,14-19,28H2,1-3H3,(H,29,33). The summed E-state index contributed by atoms with van der Waals surface area (Å²) in [6.45, 7) is 6.01. The molecule has 2 aromatic carbocycles. The number of carbonyl (C=O) groups is 3. The zero-order chi connectivity index (χ0) is 24.8. The number of piperidine rings is 1. The van der Waals surface area contributed by atoms with E-state index in [1.165, 1.54) is 0 Å². The van der Waals surface area contributed by atoms with E-state index >= 15 is 0 Å². The molecule has 2 aromatic rings. The van der Waals surface area contributed by atoms with Crippen LogP contribution >= 0.6 is 0 Å². The maximum Gasteiger partial charge on any atom is 0.247 e. The molecule has 0 saturated carbocycles. The largest absolute Gasteiger partial charge is 0.374 e. The van der Waals surface area contributed by atoms with Crippen molar-refractivity contribution in [2.75, 3.05) is 19.7 Å². The lowest BCUT2D eigenvalue weighted by atomic mass is 9.70. The van der Waals surface area contributed by atoms with Crippen molar-refractivity contribution in [1.29, 1.82) is 0 Å². The van der Waals surface area contributed by atoms with E-state index in [0.717, 1.165) is 11.1 Å². The Kier molecular flexibility index (Phi) is 8.23. The number of amides is 2. The minimum absolute atomic E-state index is 0.0303. The van der Waals surface area contributed by atoms with Gasteiger partial charge in [0.25, 0.3) is 0 Å². The Morgan fingerprint density at radius 1 is 1.03 bits per heavy atom. The van der Waals surface area contributed by atoms with Gasteiger partial charge in [-0.15, -0.1) is 0 Å². The van der Waals surface area contributed by atoms with Gasteiger partial charge < -0.3 is 20.7 Å². The van der Waals surface area contributed by atoms with E-state index in [1.54, 1.807) is 25.7 Å². The second kappa shape index (κ2) is 10.9. The van der Waals surface area contributed by atoms with Gasteiger partial charge in [-0.3, -0.25) is 14.4 Å². The highest BCUT2D eigenvalue weighted by atomic mass is 16.5. The van der Waals surface area contributed by atoms with E-state index in [2.05, 4.69) is 5.32 Å². The molecule has 7 nitrogen and oxygen atoms in total. The van der Waals surface area contributed by atoms with Crippen molar-refractivity contribution in [3.8, 4) is 0 Å². The van der Waals surface area contributed by atoms with Gasteiger partial charge in [-0.25, -0.2) is 0 Å². The topological polar surface area (TPSA) is 102 Å². The third kappa shape index (κ3) is 6.10. The number of nitrogens with one attached hydrogen (secondary N) is 1. The first-order chi connectivity index (χ1) is 16.1. The van der Waals surface area contributed by atoms with Crippen LogP contribution < -0.4 is 11.1 Å². The Morgan fingerprint density at radius 3 is 2.12 bits per heavy atom. The van der Waals surface area contributed by atoms with Gasteiger partial charge in [0.2, 0.25) is 11.8 Å². The molecule has 1 aliphatic rings. The number of ether oxygens (including phenoxy) is 1. The number of nitrogens with two attached hydrogens (primary N) is 1. The Balaban J connectivity index is 1.70. The van der Waals surface area contributed by atoms with Gasteiger partial charge >= 0.3 is 0 Å². The number of Topliss-reactive ketones (excluding diaryl/α,β-unsaturated/α-hetero) is 1. The van der Waals surface area contributed by atoms with Gasteiger partial charge in [0.15, 0.2) is 0 Å². The lowest BCUT2D eigenvalue weighted by Gasteiger charge is -2.41. The predicted octanol–water partition coefficient (Wildman–Crippen LogP) is 2.57. The average molecular weight is 466 g/mol. The number of hydrogen-bond donors (Lipinski definition) is 2. The third-order valence-corrected chi connectivity index (χ3v) is 6.51. The number of benzene rings is 2. The fourth-order valence-corrected chi connectivity index (χ4v) is 4.32. The minimum Gasteiger partial charge on any atom is -0.374 e. The van der Waals surface area contributed by atoms with E-state index in [9.17, 15) is 14.4 Å². The summed E-state index contributed by atoms with van der Waals surface area (Å²) in [4.78, 5) is 40.4. The van der Waals surface area contributed by atoms with Crippen LogP contribution in [-0.2, 0) is 31.1 Å². The van der Waals surface area contributed by atoms with E-state index in [4.69, 9.17) is 10.5 Å². The average Bonchev–Trinajstić information content (AvgIpc) is 2.83. The van der Waals surface area contributed by atoms with Gasteiger partial charge in [0, 0.05) is 13.1 Å². The molecule has 2 amide bonds. The van der Waals surface area contributed by atoms with Crippen LogP contribution in [0.15, 0.2) is 60.7 Å². The van der Waals surface area contributed by atoms with Crippen molar-refractivity contribution < 1.29 is 19.1 Å². The molecule has 34 heavy (non-hydrogen) atoms. The molecule has 3 N–H and O–H groups in total. The fourth-order valence-electron chi connectivity index (χ4n) is 4.32. The van der Waals surface area contributed by atoms with Crippen LogP contribution in [0.5, 0.6) is 0 Å². The van der Waals surface area contributed by atoms with Crippen molar-refractivity contribution in [3.05, 3.63) is 71.8 Å². The normalized spacial score (nSPS) is 16.5. The SMILES string of the molecule is CC(=O)C1(c2ccccc2)CCN(C(=O)C(COCc2ccccc2)NC(=O)C(C)(C)N)CC1. The molecule has 1 unspecified atom stereocenters. The number of carbonyl (C=O) groups excluding carboxylic acids is 3. The zero-order valence-electron chi connectivity index (χ0n) is 20.3. The minimum atomic E-state index is -1.13. The number of likely N-dealkylation sites (tertiary alicyclic amines) is 1. The van der Waals surface area contributed by atoms with Crippen molar-refractivity contribution in [2.24, 2.45) is 5.73 Å². The van der Waals surface area contributed by atoms with Crippen molar-refractivity contribution in [3.63, 3.8) is 0 Å². The maximum atomic E-state index is 13.4.